The van der Waals surface area contributed by atoms with Crippen molar-refractivity contribution >= 4 is 22.9 Å². The van der Waals surface area contributed by atoms with E-state index in [0.717, 1.165) is 23.3 Å². The van der Waals surface area contributed by atoms with Gasteiger partial charge in [0.05, 0.1) is 25.8 Å². The van der Waals surface area contributed by atoms with Crippen LogP contribution in [0.3, 0.4) is 0 Å². The number of nitrogens with one attached hydrogen (secondary N) is 1. The number of benzene rings is 2. The molecule has 0 spiro atoms. The molecule has 0 bridgehead atoms. The Morgan fingerprint density at radius 3 is 2.63 bits per heavy atom. The van der Waals surface area contributed by atoms with Gasteiger partial charge in [0, 0.05) is 31.5 Å². The fraction of sp³-hybridized carbons (Fsp3) is 0.320. The van der Waals surface area contributed by atoms with E-state index in [2.05, 4.69) is 15.5 Å². The lowest BCUT2D eigenvalue weighted by atomic mass is 9.94. The standard InChI is InChI=1S/C25H27FN4O4S/c1-15-21(24-28-23(29-34-24)17-7-5-8-18(26)13-17)22(27-25(35)30(15)11-6-12-31-2)16-9-10-19(32-3)20(14-16)33-4/h5,7-10,13-14,22H,6,11-12H2,1-4H3,(H,27,35). The summed E-state index contributed by atoms with van der Waals surface area (Å²) in [4.78, 5) is 6.60. The molecular formula is C25H27FN4O4S. The minimum absolute atomic E-state index is 0.296. The number of methoxy groups -OCH3 is 3. The first-order valence-corrected chi connectivity index (χ1v) is 11.5. The van der Waals surface area contributed by atoms with Crippen LogP contribution in [0.2, 0.25) is 0 Å². The summed E-state index contributed by atoms with van der Waals surface area (Å²) in [6, 6.07) is 11.3. The number of rotatable bonds is 9. The van der Waals surface area contributed by atoms with E-state index in [-0.39, 0.29) is 11.9 Å². The van der Waals surface area contributed by atoms with Gasteiger partial charge >= 0.3 is 0 Å². The van der Waals surface area contributed by atoms with Crippen LogP contribution in [0.25, 0.3) is 17.0 Å². The van der Waals surface area contributed by atoms with Gasteiger partial charge in [-0.25, -0.2) is 4.39 Å². The Bertz CT molecular complexity index is 1250. The highest BCUT2D eigenvalue weighted by Gasteiger charge is 2.34. The molecule has 1 atom stereocenters. The average molecular weight is 499 g/mol. The van der Waals surface area contributed by atoms with Crippen molar-refractivity contribution in [3.63, 3.8) is 0 Å². The van der Waals surface area contributed by atoms with E-state index in [9.17, 15) is 4.39 Å². The second kappa shape index (κ2) is 10.8. The number of allylic oxidation sites excluding steroid dienone is 1. The van der Waals surface area contributed by atoms with Gasteiger partial charge in [-0.15, -0.1) is 0 Å². The molecule has 0 aliphatic carbocycles. The third-order valence-electron chi connectivity index (χ3n) is 5.81. The summed E-state index contributed by atoms with van der Waals surface area (Å²) in [7, 11) is 4.84. The smallest absolute Gasteiger partial charge is 0.258 e. The summed E-state index contributed by atoms with van der Waals surface area (Å²) in [5.74, 6) is 1.44. The van der Waals surface area contributed by atoms with Crippen LogP contribution in [-0.4, -0.2) is 54.6 Å². The van der Waals surface area contributed by atoms with Gasteiger partial charge in [-0.3, -0.25) is 0 Å². The Morgan fingerprint density at radius 2 is 1.91 bits per heavy atom. The van der Waals surface area contributed by atoms with Crippen LogP contribution < -0.4 is 14.8 Å². The molecule has 1 aliphatic rings. The summed E-state index contributed by atoms with van der Waals surface area (Å²) in [5.41, 5.74) is 3.04. The molecule has 2 aromatic carbocycles. The Labute approximate surface area is 208 Å². The lowest BCUT2D eigenvalue weighted by Gasteiger charge is -2.37. The zero-order chi connectivity index (χ0) is 24.9. The molecule has 2 heterocycles. The highest BCUT2D eigenvalue weighted by Crippen LogP contribution is 2.40. The van der Waals surface area contributed by atoms with Crippen molar-refractivity contribution in [2.75, 3.05) is 34.5 Å². The van der Waals surface area contributed by atoms with Gasteiger partial charge in [0.1, 0.15) is 5.82 Å². The number of thiocarbonyl (C=S) groups is 1. The number of halogens is 1. The van der Waals surface area contributed by atoms with Crippen LogP contribution in [0.4, 0.5) is 4.39 Å². The zero-order valence-electron chi connectivity index (χ0n) is 20.0. The molecule has 4 rings (SSSR count). The topological polar surface area (TPSA) is 81.9 Å². The molecule has 1 aliphatic heterocycles. The van der Waals surface area contributed by atoms with Crippen molar-refractivity contribution in [1.29, 1.82) is 0 Å². The largest absolute Gasteiger partial charge is 0.493 e. The van der Waals surface area contributed by atoms with Crippen molar-refractivity contribution < 1.29 is 23.1 Å². The summed E-state index contributed by atoms with van der Waals surface area (Å²) in [5, 5.41) is 8.10. The second-order valence-corrected chi connectivity index (χ2v) is 8.31. The summed E-state index contributed by atoms with van der Waals surface area (Å²) < 4.78 is 35.6. The fourth-order valence-corrected chi connectivity index (χ4v) is 4.40. The Hall–Kier alpha value is -3.50. The van der Waals surface area contributed by atoms with Crippen LogP contribution in [0.1, 0.15) is 30.8 Å². The predicted octanol–water partition coefficient (Wildman–Crippen LogP) is 4.59. The molecule has 1 N–H and O–H groups in total. The maximum atomic E-state index is 13.8. The van der Waals surface area contributed by atoms with Gasteiger partial charge < -0.3 is 29.0 Å². The van der Waals surface area contributed by atoms with Crippen LogP contribution in [-0.2, 0) is 4.74 Å². The molecule has 10 heteroatoms. The molecule has 3 aromatic rings. The normalized spacial score (nSPS) is 15.9. The zero-order valence-corrected chi connectivity index (χ0v) is 20.8. The molecule has 1 aromatic heterocycles. The van der Waals surface area contributed by atoms with Crippen LogP contribution in [0, 0.1) is 5.82 Å². The van der Waals surface area contributed by atoms with Gasteiger partial charge in [0.2, 0.25) is 5.82 Å². The van der Waals surface area contributed by atoms with Crippen molar-refractivity contribution in [2.24, 2.45) is 0 Å². The average Bonchev–Trinajstić information content (AvgIpc) is 3.35. The van der Waals surface area contributed by atoms with E-state index < -0.39 is 0 Å². The van der Waals surface area contributed by atoms with Crippen molar-refractivity contribution in [2.45, 2.75) is 19.4 Å². The Kier molecular flexibility index (Phi) is 7.62. The monoisotopic (exact) mass is 498 g/mol. The van der Waals surface area contributed by atoms with E-state index in [4.69, 9.17) is 31.0 Å². The summed E-state index contributed by atoms with van der Waals surface area (Å²) in [6.07, 6.45) is 0.780. The lowest BCUT2D eigenvalue weighted by Crippen LogP contribution is -2.46. The SMILES string of the molecule is COCCCN1C(=S)NC(c2ccc(OC)c(OC)c2)C(c2nc(-c3cccc(F)c3)no2)=C1C. The third kappa shape index (κ3) is 5.13. The second-order valence-electron chi connectivity index (χ2n) is 7.93. The van der Waals surface area contributed by atoms with E-state index in [1.165, 1.54) is 12.1 Å². The van der Waals surface area contributed by atoms with E-state index in [1.54, 1.807) is 33.5 Å². The van der Waals surface area contributed by atoms with Gasteiger partial charge in [0.15, 0.2) is 16.6 Å². The lowest BCUT2D eigenvalue weighted by molar-refractivity contribution is 0.188. The van der Waals surface area contributed by atoms with Gasteiger partial charge in [-0.1, -0.05) is 23.4 Å². The van der Waals surface area contributed by atoms with Gasteiger partial charge in [-0.2, -0.15) is 4.98 Å². The molecule has 0 saturated heterocycles. The minimum atomic E-state index is -0.387. The number of ether oxygens (including phenoxy) is 3. The van der Waals surface area contributed by atoms with E-state index in [1.807, 2.05) is 30.0 Å². The molecule has 0 radical (unpaired) electrons. The molecule has 184 valence electrons. The minimum Gasteiger partial charge on any atom is -0.493 e. The first-order valence-electron chi connectivity index (χ1n) is 11.1. The molecule has 1 unspecified atom stereocenters. The highest BCUT2D eigenvalue weighted by atomic mass is 32.1. The van der Waals surface area contributed by atoms with Crippen LogP contribution >= 0.6 is 12.2 Å². The highest BCUT2D eigenvalue weighted by molar-refractivity contribution is 7.80. The predicted molar refractivity (Wildman–Crippen MR) is 134 cm³/mol. The number of hydrogen-bond acceptors (Lipinski definition) is 7. The maximum Gasteiger partial charge on any atom is 0.258 e. The summed E-state index contributed by atoms with van der Waals surface area (Å²) in [6.45, 7) is 3.22. The molecule has 0 fully saturated rings. The number of hydrogen-bond donors (Lipinski definition) is 1. The summed E-state index contributed by atoms with van der Waals surface area (Å²) >= 11 is 5.72. The molecule has 0 amide bonds. The maximum absolute atomic E-state index is 13.8. The number of aromatic nitrogens is 2. The molecule has 8 nitrogen and oxygen atoms in total. The van der Waals surface area contributed by atoms with Crippen molar-refractivity contribution in [3.05, 3.63) is 65.4 Å². The Balaban J connectivity index is 1.80. The number of nitrogens with zero attached hydrogens (tertiary/aromatic N) is 3. The van der Waals surface area contributed by atoms with Crippen LogP contribution in [0.5, 0.6) is 11.5 Å². The third-order valence-corrected chi connectivity index (χ3v) is 6.14. The van der Waals surface area contributed by atoms with Crippen molar-refractivity contribution in [1.82, 2.24) is 20.4 Å². The van der Waals surface area contributed by atoms with E-state index >= 15 is 0 Å². The first kappa shape index (κ1) is 24.6. The van der Waals surface area contributed by atoms with Crippen LogP contribution in [0.15, 0.2) is 52.7 Å². The fourth-order valence-electron chi connectivity index (χ4n) is 4.05. The van der Waals surface area contributed by atoms with Crippen molar-refractivity contribution in [3.8, 4) is 22.9 Å². The quantitative estimate of drug-likeness (QED) is 0.336. The molecular weight excluding hydrogens is 471 g/mol. The molecule has 35 heavy (non-hydrogen) atoms. The van der Waals surface area contributed by atoms with Gasteiger partial charge in [0.25, 0.3) is 5.89 Å². The first-order chi connectivity index (χ1) is 17.0. The Morgan fingerprint density at radius 1 is 1.11 bits per heavy atom. The molecule has 0 saturated carbocycles. The van der Waals surface area contributed by atoms with Gasteiger partial charge in [-0.05, 0) is 55.4 Å². The van der Waals surface area contributed by atoms with E-state index in [0.29, 0.717) is 47.0 Å².